The lowest BCUT2D eigenvalue weighted by molar-refractivity contribution is -0.667. The van der Waals surface area contributed by atoms with Crippen molar-refractivity contribution in [1.82, 2.24) is 4.57 Å². The molecule has 0 spiro atoms. The summed E-state index contributed by atoms with van der Waals surface area (Å²) in [4.78, 5) is 12.5. The van der Waals surface area contributed by atoms with Crippen molar-refractivity contribution >= 4 is 23.3 Å². The molecule has 0 aliphatic heterocycles. The van der Waals surface area contributed by atoms with Gasteiger partial charge < -0.3 is 4.74 Å². The monoisotopic (exact) mass is 370 g/mol. The first-order valence-corrected chi connectivity index (χ1v) is 8.74. The van der Waals surface area contributed by atoms with Crippen LogP contribution >= 0.6 is 11.6 Å². The van der Waals surface area contributed by atoms with Crippen molar-refractivity contribution in [3.63, 3.8) is 0 Å². The quantitative estimate of drug-likeness (QED) is 0.533. The van der Waals surface area contributed by atoms with Crippen LogP contribution in [0.5, 0.6) is 5.75 Å². The van der Waals surface area contributed by atoms with Crippen LogP contribution in [0.15, 0.2) is 54.7 Å². The maximum atomic E-state index is 12.5. The Morgan fingerprint density at radius 2 is 1.81 bits per heavy atom. The molecule has 0 aliphatic carbocycles. The topological polar surface area (TPSA) is 61.1 Å². The molecule has 6 heteroatoms. The van der Waals surface area contributed by atoms with Gasteiger partial charge in [-0.15, -0.1) is 0 Å². The minimum atomic E-state index is -0.0257. The lowest BCUT2D eigenvalue weighted by atomic mass is 10.1. The maximum absolute atomic E-state index is 12.5. The van der Waals surface area contributed by atoms with E-state index < -0.39 is 0 Å². The van der Waals surface area contributed by atoms with Gasteiger partial charge >= 0.3 is 5.95 Å². The normalized spacial score (nSPS) is 10.7. The van der Waals surface area contributed by atoms with Crippen LogP contribution in [0.2, 0.25) is 5.02 Å². The van der Waals surface area contributed by atoms with E-state index in [2.05, 4.69) is 0 Å². The Morgan fingerprint density at radius 1 is 1.15 bits per heavy atom. The van der Waals surface area contributed by atoms with Crippen molar-refractivity contribution in [2.24, 2.45) is 7.05 Å². The molecule has 0 saturated carbocycles. The highest BCUT2D eigenvalue weighted by atomic mass is 35.5. The van der Waals surface area contributed by atoms with E-state index in [1.54, 1.807) is 28.8 Å². The first-order valence-electron chi connectivity index (χ1n) is 8.36. The number of benzene rings is 2. The fraction of sp³-hybridized carbons (Fsp3) is 0.200. The number of nitrogen functional groups attached to an aromatic ring is 1. The van der Waals surface area contributed by atoms with Crippen LogP contribution in [0.25, 0.3) is 11.3 Å². The number of halogens is 1. The summed E-state index contributed by atoms with van der Waals surface area (Å²) in [5, 5.41) is 0.603. The number of nitrogens with zero attached hydrogens (tertiary/aromatic N) is 2. The molecule has 3 rings (SSSR count). The molecule has 0 radical (unpaired) electrons. The number of ketones is 1. The fourth-order valence-electron chi connectivity index (χ4n) is 2.78. The van der Waals surface area contributed by atoms with E-state index in [1.165, 1.54) is 0 Å². The molecule has 0 amide bonds. The second-order valence-corrected chi connectivity index (χ2v) is 6.38. The zero-order valence-corrected chi connectivity index (χ0v) is 15.5. The summed E-state index contributed by atoms with van der Waals surface area (Å²) in [6, 6.07) is 14.7. The summed E-state index contributed by atoms with van der Waals surface area (Å²) in [6.45, 7) is 2.74. The van der Waals surface area contributed by atoms with Gasteiger partial charge in [-0.2, -0.15) is 0 Å². The van der Waals surface area contributed by atoms with Crippen LogP contribution in [0.1, 0.15) is 17.3 Å². The third kappa shape index (κ3) is 3.73. The fourth-order valence-corrected chi connectivity index (χ4v) is 2.91. The number of rotatable bonds is 6. The largest absolute Gasteiger partial charge is 0.494 e. The highest BCUT2D eigenvalue weighted by Gasteiger charge is 2.20. The number of imidazole rings is 1. The van der Waals surface area contributed by atoms with Gasteiger partial charge in [0.1, 0.15) is 24.2 Å². The minimum absolute atomic E-state index is 0.0257. The lowest BCUT2D eigenvalue weighted by Crippen LogP contribution is -2.39. The summed E-state index contributed by atoms with van der Waals surface area (Å²) in [6.07, 6.45) is 1.89. The summed E-state index contributed by atoms with van der Waals surface area (Å²) in [5.41, 5.74) is 8.73. The molecular formula is C20H21ClN3O2+. The average Bonchev–Trinajstić information content (AvgIpc) is 2.92. The molecular weight excluding hydrogens is 350 g/mol. The van der Waals surface area contributed by atoms with Gasteiger partial charge in [0.05, 0.1) is 13.7 Å². The Labute approximate surface area is 157 Å². The predicted molar refractivity (Wildman–Crippen MR) is 102 cm³/mol. The first-order chi connectivity index (χ1) is 12.5. The predicted octanol–water partition coefficient (Wildman–Crippen LogP) is 3.50. The Morgan fingerprint density at radius 3 is 2.42 bits per heavy atom. The Kier molecular flexibility index (Phi) is 5.28. The smallest absolute Gasteiger partial charge is 0.355 e. The highest BCUT2D eigenvalue weighted by molar-refractivity contribution is 6.30. The minimum Gasteiger partial charge on any atom is -0.494 e. The van der Waals surface area contributed by atoms with E-state index in [9.17, 15) is 4.79 Å². The van der Waals surface area contributed by atoms with Crippen molar-refractivity contribution in [2.75, 3.05) is 12.3 Å². The van der Waals surface area contributed by atoms with Gasteiger partial charge in [-0.1, -0.05) is 11.6 Å². The molecule has 0 saturated heterocycles. The first kappa shape index (κ1) is 18.0. The van der Waals surface area contributed by atoms with Crippen LogP contribution in [0, 0.1) is 0 Å². The zero-order chi connectivity index (χ0) is 18.7. The molecule has 5 nitrogen and oxygen atoms in total. The molecule has 2 aromatic carbocycles. The van der Waals surface area contributed by atoms with Crippen molar-refractivity contribution in [1.29, 1.82) is 0 Å². The molecule has 134 valence electrons. The third-order valence-electron chi connectivity index (χ3n) is 4.22. The molecule has 2 N–H and O–H groups in total. The van der Waals surface area contributed by atoms with Gasteiger partial charge in [-0.25, -0.2) is 9.13 Å². The van der Waals surface area contributed by atoms with E-state index in [0.29, 0.717) is 23.1 Å². The molecule has 26 heavy (non-hydrogen) atoms. The number of carbonyl (C=O) groups excluding carboxylic acids is 1. The number of aromatic nitrogens is 2. The molecule has 1 heterocycles. The Hall–Kier alpha value is -2.79. The number of nitrogens with two attached hydrogens (primary N) is 1. The van der Waals surface area contributed by atoms with E-state index >= 15 is 0 Å². The van der Waals surface area contributed by atoms with E-state index in [-0.39, 0.29) is 12.3 Å². The van der Waals surface area contributed by atoms with E-state index in [4.69, 9.17) is 22.1 Å². The van der Waals surface area contributed by atoms with Crippen LogP contribution in [0.3, 0.4) is 0 Å². The number of ether oxygens (including phenoxy) is 1. The third-order valence-corrected chi connectivity index (χ3v) is 4.47. The van der Waals surface area contributed by atoms with Crippen LogP contribution in [-0.4, -0.2) is 17.0 Å². The van der Waals surface area contributed by atoms with Gasteiger partial charge in [0.25, 0.3) is 0 Å². The van der Waals surface area contributed by atoms with Gasteiger partial charge in [0.2, 0.25) is 0 Å². The van der Waals surface area contributed by atoms with Gasteiger partial charge in [0, 0.05) is 16.1 Å². The molecule has 0 unspecified atom stereocenters. The van der Waals surface area contributed by atoms with Crippen LogP contribution in [0.4, 0.5) is 5.95 Å². The van der Waals surface area contributed by atoms with Gasteiger partial charge in [-0.05, 0) is 55.5 Å². The van der Waals surface area contributed by atoms with Crippen molar-refractivity contribution < 1.29 is 14.1 Å². The number of hydrogen-bond donors (Lipinski definition) is 1. The Bertz CT molecular complexity index is 915. The summed E-state index contributed by atoms with van der Waals surface area (Å²) < 4.78 is 9.09. The zero-order valence-electron chi connectivity index (χ0n) is 14.8. The average molecular weight is 371 g/mol. The molecule has 0 bridgehead atoms. The summed E-state index contributed by atoms with van der Waals surface area (Å²) >= 11 is 5.88. The number of hydrogen-bond acceptors (Lipinski definition) is 3. The SMILES string of the molecule is CCOc1ccc(-c2c[n+](CC(=O)c3ccc(Cl)cc3)c(N)n2C)cc1. The van der Waals surface area contributed by atoms with Crippen LogP contribution in [-0.2, 0) is 13.6 Å². The standard InChI is InChI=1S/C20H20ClN3O2/c1-3-26-17-10-6-14(7-11-17)18-12-24(20(22)23(18)2)13-19(25)15-4-8-16(21)9-5-15/h4-12,22H,3,13H2,1-2H3/p+1. The number of carbonyl (C=O) groups is 1. The molecule has 0 fully saturated rings. The highest BCUT2D eigenvalue weighted by Crippen LogP contribution is 2.23. The second kappa shape index (κ2) is 7.62. The van der Waals surface area contributed by atoms with Crippen molar-refractivity contribution in [3.8, 4) is 17.0 Å². The lowest BCUT2D eigenvalue weighted by Gasteiger charge is -2.03. The van der Waals surface area contributed by atoms with Crippen molar-refractivity contribution in [3.05, 3.63) is 65.3 Å². The molecule has 0 aliphatic rings. The Balaban J connectivity index is 1.85. The van der Waals surface area contributed by atoms with Gasteiger partial charge in [-0.3, -0.25) is 10.5 Å². The summed E-state index contributed by atoms with van der Waals surface area (Å²) in [5.74, 6) is 1.31. The van der Waals surface area contributed by atoms with Crippen LogP contribution < -0.4 is 15.0 Å². The summed E-state index contributed by atoms with van der Waals surface area (Å²) in [7, 11) is 1.88. The molecule has 3 aromatic rings. The molecule has 0 atom stereocenters. The van der Waals surface area contributed by atoms with Crippen molar-refractivity contribution in [2.45, 2.75) is 13.5 Å². The van der Waals surface area contributed by atoms with E-state index in [1.807, 2.05) is 49.0 Å². The maximum Gasteiger partial charge on any atom is 0.355 e. The second-order valence-electron chi connectivity index (χ2n) is 5.95. The number of Topliss-reactive ketones (excluding diaryl/α,β-unsaturated/α-hetero) is 1. The molecule has 1 aromatic heterocycles. The van der Waals surface area contributed by atoms with E-state index in [0.717, 1.165) is 17.0 Å². The number of anilines is 1. The van der Waals surface area contributed by atoms with Gasteiger partial charge in [0.15, 0.2) is 5.78 Å².